The SMILES string of the molecule is CCCCN(C)CCNC(=NC)N1CCN(C(=O)C2CCCO2)CC1.I. The lowest BCUT2D eigenvalue weighted by Crippen LogP contribution is -2.55. The Bertz CT molecular complexity index is 435. The van der Waals surface area contributed by atoms with E-state index in [2.05, 4.69) is 34.1 Å². The molecule has 2 saturated heterocycles. The van der Waals surface area contributed by atoms with E-state index in [0.717, 1.165) is 71.2 Å². The van der Waals surface area contributed by atoms with Gasteiger partial charge in [-0.25, -0.2) is 0 Å². The van der Waals surface area contributed by atoms with Gasteiger partial charge in [0.15, 0.2) is 5.96 Å². The lowest BCUT2D eigenvalue weighted by molar-refractivity contribution is -0.142. The van der Waals surface area contributed by atoms with Crippen molar-refractivity contribution < 1.29 is 9.53 Å². The molecule has 0 saturated carbocycles. The number of amides is 1. The molecule has 7 nitrogen and oxygen atoms in total. The summed E-state index contributed by atoms with van der Waals surface area (Å²) in [5.74, 6) is 1.10. The quantitative estimate of drug-likeness (QED) is 0.337. The highest BCUT2D eigenvalue weighted by Crippen LogP contribution is 2.16. The molecule has 0 aromatic rings. The van der Waals surface area contributed by atoms with Gasteiger partial charge in [-0.05, 0) is 32.9 Å². The Labute approximate surface area is 175 Å². The lowest BCUT2D eigenvalue weighted by Gasteiger charge is -2.37. The van der Waals surface area contributed by atoms with Gasteiger partial charge in [-0.2, -0.15) is 0 Å². The molecule has 8 heteroatoms. The zero-order valence-corrected chi connectivity index (χ0v) is 18.9. The highest BCUT2D eigenvalue weighted by atomic mass is 127. The van der Waals surface area contributed by atoms with Gasteiger partial charge in [-0.3, -0.25) is 9.79 Å². The van der Waals surface area contributed by atoms with Crippen LogP contribution in [0.25, 0.3) is 0 Å². The average Bonchev–Trinajstić information content (AvgIpc) is 3.18. The van der Waals surface area contributed by atoms with E-state index >= 15 is 0 Å². The van der Waals surface area contributed by atoms with Crippen LogP contribution in [0.15, 0.2) is 4.99 Å². The van der Waals surface area contributed by atoms with Crippen molar-refractivity contribution in [3.8, 4) is 0 Å². The summed E-state index contributed by atoms with van der Waals surface area (Å²) in [5, 5.41) is 3.45. The minimum atomic E-state index is -0.206. The molecule has 0 radical (unpaired) electrons. The fourth-order valence-corrected chi connectivity index (χ4v) is 3.35. The summed E-state index contributed by atoms with van der Waals surface area (Å²) in [6.07, 6.45) is 4.14. The zero-order valence-electron chi connectivity index (χ0n) is 16.6. The first kappa shape index (κ1) is 23.4. The van der Waals surface area contributed by atoms with E-state index in [-0.39, 0.29) is 36.0 Å². The van der Waals surface area contributed by atoms with Crippen LogP contribution in [0.4, 0.5) is 0 Å². The van der Waals surface area contributed by atoms with E-state index in [0.29, 0.717) is 0 Å². The summed E-state index contributed by atoms with van der Waals surface area (Å²) in [6.45, 7) is 9.12. The van der Waals surface area contributed by atoms with E-state index in [1.54, 1.807) is 0 Å². The summed E-state index contributed by atoms with van der Waals surface area (Å²) in [6, 6.07) is 0. The number of rotatable bonds is 7. The standard InChI is InChI=1S/C18H35N5O2.HI/c1-4-5-9-21(3)10-8-20-18(19-2)23-13-11-22(12-14-23)17(24)16-7-6-15-25-16;/h16H,4-15H2,1-3H3,(H,19,20);1H. The molecule has 2 aliphatic rings. The molecule has 2 heterocycles. The number of carbonyl (C=O) groups is 1. The third-order valence-corrected chi connectivity index (χ3v) is 4.98. The number of nitrogens with zero attached hydrogens (tertiary/aromatic N) is 4. The molecule has 2 aliphatic heterocycles. The predicted molar refractivity (Wildman–Crippen MR) is 116 cm³/mol. The number of hydrogen-bond donors (Lipinski definition) is 1. The summed E-state index contributed by atoms with van der Waals surface area (Å²) < 4.78 is 5.52. The topological polar surface area (TPSA) is 60.4 Å². The minimum Gasteiger partial charge on any atom is -0.368 e. The molecular formula is C18H36IN5O2. The van der Waals surface area contributed by atoms with Crippen LogP contribution < -0.4 is 5.32 Å². The van der Waals surface area contributed by atoms with Gasteiger partial charge in [0.1, 0.15) is 6.10 Å². The maximum Gasteiger partial charge on any atom is 0.251 e. The second-order valence-corrected chi connectivity index (χ2v) is 6.94. The highest BCUT2D eigenvalue weighted by Gasteiger charge is 2.30. The number of unbranched alkanes of at least 4 members (excludes halogenated alkanes) is 1. The van der Waals surface area contributed by atoms with Crippen molar-refractivity contribution in [1.82, 2.24) is 20.0 Å². The van der Waals surface area contributed by atoms with Crippen LogP contribution in [0, 0.1) is 0 Å². The number of aliphatic imine (C=N–C) groups is 1. The molecule has 1 N–H and O–H groups in total. The van der Waals surface area contributed by atoms with E-state index in [1.807, 2.05) is 11.9 Å². The fraction of sp³-hybridized carbons (Fsp3) is 0.889. The van der Waals surface area contributed by atoms with E-state index in [9.17, 15) is 4.79 Å². The first-order chi connectivity index (χ1) is 12.2. The van der Waals surface area contributed by atoms with Gasteiger partial charge in [0.05, 0.1) is 0 Å². The summed E-state index contributed by atoms with van der Waals surface area (Å²) in [5.41, 5.74) is 0. The molecule has 1 amide bonds. The van der Waals surface area contributed by atoms with Crippen molar-refractivity contribution in [2.75, 3.05) is 66.5 Å². The van der Waals surface area contributed by atoms with Crippen molar-refractivity contribution >= 4 is 35.8 Å². The number of nitrogens with one attached hydrogen (secondary N) is 1. The Morgan fingerprint density at radius 3 is 2.50 bits per heavy atom. The third-order valence-electron chi connectivity index (χ3n) is 4.98. The zero-order chi connectivity index (χ0) is 18.1. The van der Waals surface area contributed by atoms with Crippen molar-refractivity contribution in [3.05, 3.63) is 0 Å². The van der Waals surface area contributed by atoms with Crippen molar-refractivity contribution in [1.29, 1.82) is 0 Å². The number of likely N-dealkylation sites (N-methyl/N-ethyl adjacent to an activating group) is 1. The van der Waals surface area contributed by atoms with Crippen LogP contribution in [0.3, 0.4) is 0 Å². The Morgan fingerprint density at radius 1 is 1.23 bits per heavy atom. The smallest absolute Gasteiger partial charge is 0.251 e. The van der Waals surface area contributed by atoms with Crippen molar-refractivity contribution in [2.45, 2.75) is 38.7 Å². The van der Waals surface area contributed by atoms with E-state index in [1.165, 1.54) is 12.8 Å². The molecule has 0 aromatic heterocycles. The van der Waals surface area contributed by atoms with Gasteiger partial charge in [-0.1, -0.05) is 13.3 Å². The summed E-state index contributed by atoms with van der Waals surface area (Å²) in [7, 11) is 3.99. The number of halogens is 1. The van der Waals surface area contributed by atoms with Crippen LogP contribution in [-0.4, -0.2) is 99.2 Å². The van der Waals surface area contributed by atoms with Gasteiger partial charge in [0.2, 0.25) is 0 Å². The molecule has 0 bridgehead atoms. The second-order valence-electron chi connectivity index (χ2n) is 6.94. The Hall–Kier alpha value is -0.610. The van der Waals surface area contributed by atoms with Crippen LogP contribution >= 0.6 is 24.0 Å². The molecule has 2 fully saturated rings. The maximum atomic E-state index is 12.4. The first-order valence-corrected chi connectivity index (χ1v) is 9.70. The summed E-state index contributed by atoms with van der Waals surface area (Å²) in [4.78, 5) is 23.3. The minimum absolute atomic E-state index is 0. The molecule has 1 unspecified atom stereocenters. The Morgan fingerprint density at radius 2 is 1.92 bits per heavy atom. The van der Waals surface area contributed by atoms with Gasteiger partial charge >= 0.3 is 0 Å². The number of carbonyl (C=O) groups excluding carboxylic acids is 1. The number of guanidine groups is 1. The third kappa shape index (κ3) is 7.19. The van der Waals surface area contributed by atoms with Crippen LogP contribution in [0.5, 0.6) is 0 Å². The lowest BCUT2D eigenvalue weighted by atomic mass is 10.2. The largest absolute Gasteiger partial charge is 0.368 e. The van der Waals surface area contributed by atoms with Crippen molar-refractivity contribution in [3.63, 3.8) is 0 Å². The van der Waals surface area contributed by atoms with Crippen LogP contribution in [-0.2, 0) is 9.53 Å². The predicted octanol–water partition coefficient (Wildman–Crippen LogP) is 1.23. The van der Waals surface area contributed by atoms with Crippen molar-refractivity contribution in [2.24, 2.45) is 4.99 Å². The Balaban J connectivity index is 0.00000338. The monoisotopic (exact) mass is 481 g/mol. The molecule has 152 valence electrons. The second kappa shape index (κ2) is 12.7. The fourth-order valence-electron chi connectivity index (χ4n) is 3.35. The molecule has 0 spiro atoms. The van der Waals surface area contributed by atoms with Crippen LogP contribution in [0.2, 0.25) is 0 Å². The molecule has 0 aliphatic carbocycles. The van der Waals surface area contributed by atoms with Gasteiger partial charge in [0, 0.05) is 52.9 Å². The average molecular weight is 481 g/mol. The molecule has 0 aromatic carbocycles. The number of hydrogen-bond acceptors (Lipinski definition) is 4. The number of piperazine rings is 1. The molecule has 2 rings (SSSR count). The van der Waals surface area contributed by atoms with Gasteiger partial charge in [-0.15, -0.1) is 24.0 Å². The maximum absolute atomic E-state index is 12.4. The normalized spacial score (nSPS) is 21.1. The Kier molecular flexibility index (Phi) is 11.5. The van der Waals surface area contributed by atoms with Gasteiger partial charge < -0.3 is 24.8 Å². The highest BCUT2D eigenvalue weighted by molar-refractivity contribution is 14.0. The van der Waals surface area contributed by atoms with E-state index in [4.69, 9.17) is 4.74 Å². The van der Waals surface area contributed by atoms with Gasteiger partial charge in [0.25, 0.3) is 5.91 Å². The molecule has 1 atom stereocenters. The van der Waals surface area contributed by atoms with E-state index < -0.39 is 0 Å². The molecule has 26 heavy (non-hydrogen) atoms. The first-order valence-electron chi connectivity index (χ1n) is 9.70. The van der Waals surface area contributed by atoms with Crippen LogP contribution in [0.1, 0.15) is 32.6 Å². The molecular weight excluding hydrogens is 445 g/mol. The number of ether oxygens (including phenoxy) is 1. The summed E-state index contributed by atoms with van der Waals surface area (Å²) >= 11 is 0.